The number of imidazole rings is 1. The number of hydrogen-bond donors (Lipinski definition) is 3. The lowest BCUT2D eigenvalue weighted by Crippen LogP contribution is -2.02. The topological polar surface area (TPSA) is 57.6 Å². The Morgan fingerprint density at radius 1 is 1.23 bits per heavy atom. The molecule has 0 aliphatic heterocycles. The van der Waals surface area contributed by atoms with E-state index < -0.39 is 0 Å². The Labute approximate surface area is 81.0 Å². The number of nitrogens with one attached hydrogen (secondary N) is 2. The second kappa shape index (κ2) is 3.32. The second-order valence-corrected chi connectivity index (χ2v) is 3.41. The molecule has 2 rings (SSSR count). The van der Waals surface area contributed by atoms with Crippen LogP contribution in [0, 0.1) is 4.77 Å². The van der Waals surface area contributed by atoms with Crippen LogP contribution in [0.3, 0.4) is 0 Å². The first-order valence-corrected chi connectivity index (χ1v) is 4.61. The maximum absolute atomic E-state index is 5.47. The van der Waals surface area contributed by atoms with Gasteiger partial charge in [0.05, 0.1) is 11.0 Å². The number of nitrogens with two attached hydrogens (primary N) is 1. The molecule has 0 spiro atoms. The highest BCUT2D eigenvalue weighted by Gasteiger charge is 1.97. The monoisotopic (exact) mass is 193 g/mol. The maximum atomic E-state index is 5.47. The van der Waals surface area contributed by atoms with Crippen LogP contribution >= 0.6 is 12.2 Å². The molecule has 0 unspecified atom stereocenters. The summed E-state index contributed by atoms with van der Waals surface area (Å²) in [5.41, 5.74) is 8.81. The molecule has 2 aromatic rings. The number of aromatic amines is 2. The molecule has 4 heteroatoms. The summed E-state index contributed by atoms with van der Waals surface area (Å²) in [4.78, 5) is 6.13. The first-order valence-electron chi connectivity index (χ1n) is 4.20. The maximum Gasteiger partial charge on any atom is 0.175 e. The number of H-pyrrole nitrogens is 2. The van der Waals surface area contributed by atoms with Crippen molar-refractivity contribution in [2.24, 2.45) is 5.73 Å². The highest BCUT2D eigenvalue weighted by Crippen LogP contribution is 2.12. The third-order valence-corrected chi connectivity index (χ3v) is 2.22. The van der Waals surface area contributed by atoms with E-state index >= 15 is 0 Å². The van der Waals surface area contributed by atoms with E-state index in [-0.39, 0.29) is 0 Å². The van der Waals surface area contributed by atoms with Gasteiger partial charge in [-0.1, -0.05) is 6.07 Å². The molecule has 3 nitrogen and oxygen atoms in total. The van der Waals surface area contributed by atoms with Crippen LogP contribution in [0.2, 0.25) is 0 Å². The van der Waals surface area contributed by atoms with Gasteiger partial charge in [-0.3, -0.25) is 0 Å². The van der Waals surface area contributed by atoms with Crippen LogP contribution in [0.15, 0.2) is 18.2 Å². The Hall–Kier alpha value is -1.13. The summed E-state index contributed by atoms with van der Waals surface area (Å²) in [6.45, 7) is 0.677. The van der Waals surface area contributed by atoms with Crippen LogP contribution in [0.25, 0.3) is 11.0 Å². The van der Waals surface area contributed by atoms with E-state index in [1.165, 1.54) is 5.56 Å². The molecule has 0 saturated heterocycles. The molecule has 0 aliphatic rings. The van der Waals surface area contributed by atoms with E-state index in [9.17, 15) is 0 Å². The minimum atomic E-state index is 0.667. The number of benzene rings is 1. The summed E-state index contributed by atoms with van der Waals surface area (Å²) in [7, 11) is 0. The quantitative estimate of drug-likeness (QED) is 0.636. The molecule has 1 aromatic heterocycles. The van der Waals surface area contributed by atoms with Gasteiger partial charge in [-0.05, 0) is 42.9 Å². The average molecular weight is 193 g/mol. The summed E-state index contributed by atoms with van der Waals surface area (Å²) < 4.78 is 0.667. The number of aromatic nitrogens is 2. The highest BCUT2D eigenvalue weighted by atomic mass is 32.1. The van der Waals surface area contributed by atoms with Gasteiger partial charge in [-0.2, -0.15) is 0 Å². The van der Waals surface area contributed by atoms with Crippen molar-refractivity contribution in [1.82, 2.24) is 9.97 Å². The first kappa shape index (κ1) is 8.47. The molecule has 0 aliphatic carbocycles. The van der Waals surface area contributed by atoms with E-state index in [1.807, 2.05) is 6.07 Å². The Morgan fingerprint density at radius 2 is 2.00 bits per heavy atom. The fraction of sp³-hybridized carbons (Fsp3) is 0.222. The third-order valence-electron chi connectivity index (χ3n) is 2.01. The smallest absolute Gasteiger partial charge is 0.175 e. The van der Waals surface area contributed by atoms with Crippen LogP contribution in [0.1, 0.15) is 5.56 Å². The molecule has 0 atom stereocenters. The second-order valence-electron chi connectivity index (χ2n) is 3.00. The molecule has 1 aromatic carbocycles. The third kappa shape index (κ3) is 1.64. The number of rotatable bonds is 2. The lowest BCUT2D eigenvalue weighted by Gasteiger charge is -1.97. The molecular weight excluding hydrogens is 182 g/mol. The van der Waals surface area contributed by atoms with Gasteiger partial charge in [0.2, 0.25) is 0 Å². The van der Waals surface area contributed by atoms with Crippen molar-refractivity contribution in [2.45, 2.75) is 6.42 Å². The summed E-state index contributed by atoms with van der Waals surface area (Å²) in [5, 5.41) is 0. The zero-order chi connectivity index (χ0) is 9.26. The van der Waals surface area contributed by atoms with Gasteiger partial charge >= 0.3 is 0 Å². The zero-order valence-corrected chi connectivity index (χ0v) is 7.95. The van der Waals surface area contributed by atoms with E-state index in [0.29, 0.717) is 11.3 Å². The fourth-order valence-electron chi connectivity index (χ4n) is 1.40. The first-order chi connectivity index (χ1) is 6.29. The van der Waals surface area contributed by atoms with E-state index in [2.05, 4.69) is 22.1 Å². The van der Waals surface area contributed by atoms with E-state index in [0.717, 1.165) is 17.5 Å². The molecule has 0 fully saturated rings. The molecule has 0 saturated carbocycles. The largest absolute Gasteiger partial charge is 0.331 e. The van der Waals surface area contributed by atoms with Crippen LogP contribution < -0.4 is 5.73 Å². The Kier molecular flexibility index (Phi) is 2.16. The van der Waals surface area contributed by atoms with Crippen LogP contribution in [0.5, 0.6) is 0 Å². The summed E-state index contributed by atoms with van der Waals surface area (Å²) in [6.07, 6.45) is 0.904. The molecule has 0 bridgehead atoms. The fourth-order valence-corrected chi connectivity index (χ4v) is 1.62. The van der Waals surface area contributed by atoms with Crippen LogP contribution in [0.4, 0.5) is 0 Å². The van der Waals surface area contributed by atoms with Gasteiger partial charge < -0.3 is 15.7 Å². The predicted molar refractivity (Wildman–Crippen MR) is 56.2 cm³/mol. The van der Waals surface area contributed by atoms with Crippen molar-refractivity contribution < 1.29 is 0 Å². The highest BCUT2D eigenvalue weighted by molar-refractivity contribution is 7.71. The molecule has 1 heterocycles. The Balaban J connectivity index is 2.54. The number of hydrogen-bond acceptors (Lipinski definition) is 2. The summed E-state index contributed by atoms with van der Waals surface area (Å²) in [6, 6.07) is 6.16. The van der Waals surface area contributed by atoms with Gasteiger partial charge in [-0.25, -0.2) is 0 Å². The molecular formula is C9H11N3S. The van der Waals surface area contributed by atoms with Crippen molar-refractivity contribution in [1.29, 1.82) is 0 Å². The Bertz CT molecular complexity index is 469. The summed E-state index contributed by atoms with van der Waals surface area (Å²) in [5.74, 6) is 0. The molecule has 13 heavy (non-hydrogen) atoms. The van der Waals surface area contributed by atoms with Crippen molar-refractivity contribution in [3.63, 3.8) is 0 Å². The van der Waals surface area contributed by atoms with Crippen LogP contribution in [-0.2, 0) is 6.42 Å². The van der Waals surface area contributed by atoms with E-state index in [1.54, 1.807) is 0 Å². The van der Waals surface area contributed by atoms with Crippen LogP contribution in [-0.4, -0.2) is 16.5 Å². The molecule has 4 N–H and O–H groups in total. The van der Waals surface area contributed by atoms with Gasteiger partial charge in [-0.15, -0.1) is 0 Å². The number of fused-ring (bicyclic) bond motifs is 1. The molecule has 0 amide bonds. The van der Waals surface area contributed by atoms with Gasteiger partial charge in [0.15, 0.2) is 4.77 Å². The van der Waals surface area contributed by atoms with E-state index in [4.69, 9.17) is 18.0 Å². The van der Waals surface area contributed by atoms with Crippen molar-refractivity contribution in [3.8, 4) is 0 Å². The molecule has 0 radical (unpaired) electrons. The average Bonchev–Trinajstić information content (AvgIpc) is 2.44. The minimum absolute atomic E-state index is 0.667. The normalized spacial score (nSPS) is 10.8. The standard InChI is InChI=1S/C9H11N3S/c10-4-3-6-1-2-7-8(5-6)12-9(13)11-7/h1-2,5H,3-4,10H2,(H2,11,12,13). The van der Waals surface area contributed by atoms with Crippen molar-refractivity contribution in [2.75, 3.05) is 6.54 Å². The minimum Gasteiger partial charge on any atom is -0.331 e. The zero-order valence-electron chi connectivity index (χ0n) is 7.13. The van der Waals surface area contributed by atoms with Gasteiger partial charge in [0.1, 0.15) is 0 Å². The summed E-state index contributed by atoms with van der Waals surface area (Å²) >= 11 is 4.99. The molecule has 68 valence electrons. The van der Waals surface area contributed by atoms with Gasteiger partial charge in [0.25, 0.3) is 0 Å². The van der Waals surface area contributed by atoms with Crippen molar-refractivity contribution >= 4 is 23.3 Å². The predicted octanol–water partition coefficient (Wildman–Crippen LogP) is 1.73. The Morgan fingerprint density at radius 3 is 2.77 bits per heavy atom. The van der Waals surface area contributed by atoms with Gasteiger partial charge in [0, 0.05) is 0 Å². The van der Waals surface area contributed by atoms with Crippen molar-refractivity contribution in [3.05, 3.63) is 28.5 Å². The SMILES string of the molecule is NCCc1ccc2[nH]c(=S)[nH]c2c1. The lowest BCUT2D eigenvalue weighted by atomic mass is 10.1. The lowest BCUT2D eigenvalue weighted by molar-refractivity contribution is 0.970.